The van der Waals surface area contributed by atoms with Crippen LogP contribution in [0.3, 0.4) is 0 Å². The Bertz CT molecular complexity index is 443. The Morgan fingerprint density at radius 1 is 1.56 bits per heavy atom. The van der Waals surface area contributed by atoms with Crippen LogP contribution < -0.4 is 10.7 Å². The molecule has 0 bridgehead atoms. The third-order valence-electron chi connectivity index (χ3n) is 2.32. The molecule has 2 N–H and O–H groups in total. The number of nitrogen functional groups attached to an aromatic ring is 1. The van der Waals surface area contributed by atoms with Gasteiger partial charge in [-0.15, -0.1) is 0 Å². The number of hydrazone groups is 1. The maximum atomic E-state index is 13.4. The van der Waals surface area contributed by atoms with Crippen LogP contribution in [-0.4, -0.2) is 22.8 Å². The number of rotatable bonds is 2. The van der Waals surface area contributed by atoms with Crippen LogP contribution in [0.4, 0.5) is 15.9 Å². The highest BCUT2D eigenvalue weighted by Crippen LogP contribution is 2.22. The first kappa shape index (κ1) is 10.5. The van der Waals surface area contributed by atoms with E-state index in [0.717, 1.165) is 5.01 Å². The largest absolute Gasteiger partial charge is 0.384 e. The molecule has 1 amide bonds. The number of pyridine rings is 1. The zero-order valence-electron chi connectivity index (χ0n) is 8.72. The number of halogens is 1. The zero-order chi connectivity index (χ0) is 11.7. The van der Waals surface area contributed by atoms with Gasteiger partial charge in [-0.05, 0) is 18.6 Å². The van der Waals surface area contributed by atoms with Crippen molar-refractivity contribution in [2.45, 2.75) is 19.5 Å². The molecule has 0 saturated heterocycles. The lowest BCUT2D eigenvalue weighted by atomic mass is 10.2. The van der Waals surface area contributed by atoms with Gasteiger partial charge < -0.3 is 5.73 Å². The summed E-state index contributed by atoms with van der Waals surface area (Å²) in [6.07, 6.45) is 0.163. The average Bonchev–Trinajstić information content (AvgIpc) is 2.57. The monoisotopic (exact) mass is 222 g/mol. The van der Waals surface area contributed by atoms with E-state index in [1.54, 1.807) is 13.0 Å². The first-order chi connectivity index (χ1) is 7.63. The van der Waals surface area contributed by atoms with Crippen molar-refractivity contribution in [3.63, 3.8) is 0 Å². The van der Waals surface area contributed by atoms with E-state index in [4.69, 9.17) is 5.73 Å². The second-order valence-electron chi connectivity index (χ2n) is 3.40. The van der Waals surface area contributed by atoms with E-state index < -0.39 is 12.1 Å². The van der Waals surface area contributed by atoms with Gasteiger partial charge in [0.25, 0.3) is 5.91 Å². The van der Waals surface area contributed by atoms with Gasteiger partial charge in [0.1, 0.15) is 5.82 Å². The van der Waals surface area contributed by atoms with Crippen LogP contribution in [0.2, 0.25) is 0 Å². The topological polar surface area (TPSA) is 71.6 Å². The fourth-order valence-electron chi connectivity index (χ4n) is 1.44. The van der Waals surface area contributed by atoms with E-state index in [-0.39, 0.29) is 5.71 Å². The van der Waals surface area contributed by atoms with E-state index in [1.807, 2.05) is 0 Å². The first-order valence-electron chi connectivity index (χ1n) is 4.90. The summed E-state index contributed by atoms with van der Waals surface area (Å²) in [5.41, 5.74) is 6.08. The molecule has 1 aromatic heterocycles. The van der Waals surface area contributed by atoms with Crippen molar-refractivity contribution in [1.29, 1.82) is 0 Å². The van der Waals surface area contributed by atoms with Gasteiger partial charge in [-0.25, -0.2) is 9.37 Å². The highest BCUT2D eigenvalue weighted by molar-refractivity contribution is 6.17. The third-order valence-corrected chi connectivity index (χ3v) is 2.32. The van der Waals surface area contributed by atoms with E-state index in [2.05, 4.69) is 10.1 Å². The van der Waals surface area contributed by atoms with E-state index in [1.165, 1.54) is 12.3 Å². The lowest BCUT2D eigenvalue weighted by molar-refractivity contribution is -0.120. The van der Waals surface area contributed by atoms with Crippen molar-refractivity contribution in [3.8, 4) is 0 Å². The molecule has 2 heterocycles. The highest BCUT2D eigenvalue weighted by Gasteiger charge is 2.35. The summed E-state index contributed by atoms with van der Waals surface area (Å²) < 4.78 is 13.4. The number of hydrogen-bond donors (Lipinski definition) is 1. The molecule has 0 aromatic carbocycles. The number of nitrogens with zero attached hydrogens (tertiary/aromatic N) is 3. The molecule has 2 rings (SSSR count). The van der Waals surface area contributed by atoms with Gasteiger partial charge in [0.05, 0.1) is 17.6 Å². The molecular weight excluding hydrogens is 211 g/mol. The van der Waals surface area contributed by atoms with Gasteiger partial charge in [0, 0.05) is 0 Å². The number of aromatic nitrogens is 1. The van der Waals surface area contributed by atoms with E-state index in [9.17, 15) is 9.18 Å². The maximum Gasteiger partial charge on any atom is 0.287 e. The molecule has 1 aromatic rings. The van der Waals surface area contributed by atoms with E-state index >= 15 is 0 Å². The van der Waals surface area contributed by atoms with Crippen molar-refractivity contribution in [2.24, 2.45) is 5.10 Å². The second-order valence-corrected chi connectivity index (χ2v) is 3.40. The Morgan fingerprint density at radius 2 is 2.31 bits per heavy atom. The van der Waals surface area contributed by atoms with Crippen LogP contribution >= 0.6 is 0 Å². The fraction of sp³-hybridized carbons (Fsp3) is 0.300. The number of hydrogen-bond acceptors (Lipinski definition) is 4. The normalized spacial score (nSPS) is 20.1. The van der Waals surface area contributed by atoms with Gasteiger partial charge >= 0.3 is 0 Å². The number of carbonyl (C=O) groups excluding carboxylic acids is 1. The highest BCUT2D eigenvalue weighted by atomic mass is 19.1. The maximum absolute atomic E-state index is 13.4. The Balaban J connectivity index is 2.32. The van der Waals surface area contributed by atoms with Crippen LogP contribution in [0.25, 0.3) is 0 Å². The molecule has 84 valence electrons. The Morgan fingerprint density at radius 3 is 2.81 bits per heavy atom. The zero-order valence-corrected chi connectivity index (χ0v) is 8.72. The van der Waals surface area contributed by atoms with Gasteiger partial charge in [-0.3, -0.25) is 4.79 Å². The molecule has 0 radical (unpaired) electrons. The van der Waals surface area contributed by atoms with Crippen LogP contribution in [0.15, 0.2) is 23.4 Å². The van der Waals surface area contributed by atoms with Crippen LogP contribution in [0.1, 0.15) is 13.3 Å². The van der Waals surface area contributed by atoms with Gasteiger partial charge in [-0.1, -0.05) is 6.92 Å². The molecule has 6 heteroatoms. The van der Waals surface area contributed by atoms with Gasteiger partial charge in [0.2, 0.25) is 6.17 Å². The lowest BCUT2D eigenvalue weighted by Crippen LogP contribution is -2.28. The molecular formula is C10H11FN4O. The van der Waals surface area contributed by atoms with Crippen LogP contribution in [0, 0.1) is 0 Å². The Hall–Kier alpha value is -1.98. The summed E-state index contributed by atoms with van der Waals surface area (Å²) in [7, 11) is 0. The molecule has 5 nitrogen and oxygen atoms in total. The number of alkyl halides is 1. The summed E-state index contributed by atoms with van der Waals surface area (Å²) in [6.45, 7) is 1.75. The summed E-state index contributed by atoms with van der Waals surface area (Å²) in [4.78, 5) is 15.4. The molecule has 1 aliphatic rings. The van der Waals surface area contributed by atoms with Gasteiger partial charge in [-0.2, -0.15) is 10.1 Å². The van der Waals surface area contributed by atoms with Crippen molar-refractivity contribution in [1.82, 2.24) is 4.98 Å². The smallest absolute Gasteiger partial charge is 0.287 e. The Labute approximate surface area is 91.8 Å². The number of amides is 1. The summed E-state index contributed by atoms with van der Waals surface area (Å²) in [5, 5.41) is 4.94. The predicted molar refractivity (Wildman–Crippen MR) is 58.8 cm³/mol. The summed E-state index contributed by atoms with van der Waals surface area (Å²) >= 11 is 0. The molecule has 0 fully saturated rings. The first-order valence-corrected chi connectivity index (χ1v) is 4.90. The molecule has 1 aliphatic heterocycles. The second kappa shape index (κ2) is 3.88. The number of nitrogens with two attached hydrogens (primary N) is 1. The standard InChI is InChI=1S/C10H11FN4O/c1-2-7-9(11)10(16)15(14-7)6-3-4-8(12)13-5-6/h3-5,9H,2H2,1H3,(H2,12,13)/t9-/m0/s1. The molecule has 0 saturated carbocycles. The lowest BCUT2D eigenvalue weighted by Gasteiger charge is -2.10. The van der Waals surface area contributed by atoms with Crippen molar-refractivity contribution >= 4 is 23.1 Å². The number of carbonyl (C=O) groups is 1. The SMILES string of the molecule is CCC1=NN(c2ccc(N)nc2)C(=O)[C@H]1F. The summed E-state index contributed by atoms with van der Waals surface area (Å²) in [5.74, 6) is -0.338. The Kier molecular flexibility index (Phi) is 2.55. The van der Waals surface area contributed by atoms with Gasteiger partial charge in [0.15, 0.2) is 0 Å². The van der Waals surface area contributed by atoms with Crippen LogP contribution in [0.5, 0.6) is 0 Å². The number of anilines is 2. The molecule has 1 atom stereocenters. The van der Waals surface area contributed by atoms with Crippen LogP contribution in [-0.2, 0) is 4.79 Å². The van der Waals surface area contributed by atoms with E-state index in [0.29, 0.717) is 17.9 Å². The molecule has 16 heavy (non-hydrogen) atoms. The quantitative estimate of drug-likeness (QED) is 0.814. The average molecular weight is 222 g/mol. The molecule has 0 unspecified atom stereocenters. The fourth-order valence-corrected chi connectivity index (χ4v) is 1.44. The molecule has 0 aliphatic carbocycles. The van der Waals surface area contributed by atoms with Crippen molar-refractivity contribution in [2.75, 3.05) is 10.7 Å². The summed E-state index contributed by atoms with van der Waals surface area (Å²) in [6, 6.07) is 3.12. The minimum absolute atomic E-state index is 0.238. The minimum Gasteiger partial charge on any atom is -0.384 e. The third kappa shape index (κ3) is 1.62. The predicted octanol–water partition coefficient (Wildman–Crippen LogP) is 1.11. The van der Waals surface area contributed by atoms with Crippen molar-refractivity contribution in [3.05, 3.63) is 18.3 Å². The molecule has 0 spiro atoms. The minimum atomic E-state index is -1.64. The van der Waals surface area contributed by atoms with Crippen molar-refractivity contribution < 1.29 is 9.18 Å².